The van der Waals surface area contributed by atoms with Crippen molar-refractivity contribution < 1.29 is 9.15 Å². The van der Waals surface area contributed by atoms with Crippen LogP contribution in [0.2, 0.25) is 5.02 Å². The maximum atomic E-state index is 6.47. The molecule has 2 aromatic carbocycles. The van der Waals surface area contributed by atoms with Crippen LogP contribution in [-0.2, 0) is 0 Å². The lowest BCUT2D eigenvalue weighted by Crippen LogP contribution is -2.29. The molecule has 1 saturated heterocycles. The molecule has 0 bridgehead atoms. The van der Waals surface area contributed by atoms with Gasteiger partial charge >= 0.3 is 0 Å². The Morgan fingerprint density at radius 2 is 1.86 bits per heavy atom. The number of hydrogen-bond donors (Lipinski definition) is 1. The van der Waals surface area contributed by atoms with Gasteiger partial charge in [-0.2, -0.15) is 0 Å². The molecule has 5 rings (SSSR count). The van der Waals surface area contributed by atoms with Crippen LogP contribution >= 0.6 is 23.8 Å². The number of anilines is 1. The van der Waals surface area contributed by atoms with E-state index in [1.807, 2.05) is 93.6 Å². The van der Waals surface area contributed by atoms with Gasteiger partial charge in [-0.05, 0) is 99.2 Å². The first-order valence-corrected chi connectivity index (χ1v) is 12.3. The third-order valence-corrected chi connectivity index (χ3v) is 6.52. The summed E-state index contributed by atoms with van der Waals surface area (Å²) in [5.74, 6) is 2.36. The minimum Gasteiger partial charge on any atom is -0.491 e. The summed E-state index contributed by atoms with van der Waals surface area (Å²) in [5.41, 5.74) is 3.89. The summed E-state index contributed by atoms with van der Waals surface area (Å²) in [7, 11) is 0. The highest BCUT2D eigenvalue weighted by Gasteiger charge is 2.42. The second-order valence-electron chi connectivity index (χ2n) is 8.82. The average Bonchev–Trinajstić information content (AvgIpc) is 3.46. The van der Waals surface area contributed by atoms with E-state index in [9.17, 15) is 0 Å². The van der Waals surface area contributed by atoms with Gasteiger partial charge in [0, 0.05) is 22.5 Å². The van der Waals surface area contributed by atoms with Gasteiger partial charge in [-0.3, -0.25) is 4.98 Å². The monoisotopic (exact) mass is 503 g/mol. The van der Waals surface area contributed by atoms with E-state index >= 15 is 0 Å². The lowest BCUT2D eigenvalue weighted by Gasteiger charge is -2.26. The number of benzene rings is 2. The quantitative estimate of drug-likeness (QED) is 0.279. The van der Waals surface area contributed by atoms with Gasteiger partial charge in [-0.15, -0.1) is 0 Å². The summed E-state index contributed by atoms with van der Waals surface area (Å²) >= 11 is 12.1. The van der Waals surface area contributed by atoms with Gasteiger partial charge in [0.15, 0.2) is 5.11 Å². The smallest absolute Gasteiger partial charge is 0.174 e. The highest BCUT2D eigenvalue weighted by Crippen LogP contribution is 2.43. The molecule has 0 radical (unpaired) electrons. The molecule has 35 heavy (non-hydrogen) atoms. The van der Waals surface area contributed by atoms with Gasteiger partial charge in [0.25, 0.3) is 0 Å². The molecule has 1 N–H and O–H groups in total. The van der Waals surface area contributed by atoms with Crippen molar-refractivity contribution in [3.63, 3.8) is 0 Å². The molecule has 1 aliphatic heterocycles. The van der Waals surface area contributed by atoms with Crippen molar-refractivity contribution in [2.24, 2.45) is 0 Å². The fourth-order valence-electron chi connectivity index (χ4n) is 4.40. The lowest BCUT2D eigenvalue weighted by molar-refractivity contribution is 0.242. The summed E-state index contributed by atoms with van der Waals surface area (Å²) in [4.78, 5) is 6.69. The zero-order valence-electron chi connectivity index (χ0n) is 19.7. The highest BCUT2D eigenvalue weighted by atomic mass is 35.5. The van der Waals surface area contributed by atoms with Crippen LogP contribution in [0.5, 0.6) is 5.75 Å². The lowest BCUT2D eigenvalue weighted by atomic mass is 10.0. The Balaban J connectivity index is 1.56. The summed E-state index contributed by atoms with van der Waals surface area (Å²) in [6.07, 6.45) is 1.90. The number of nitrogens with one attached hydrogen (secondary N) is 1. The van der Waals surface area contributed by atoms with Crippen molar-refractivity contribution in [3.8, 4) is 17.1 Å². The molecule has 3 heterocycles. The van der Waals surface area contributed by atoms with Crippen LogP contribution in [-0.4, -0.2) is 16.2 Å². The van der Waals surface area contributed by atoms with Crippen molar-refractivity contribution in [2.75, 3.05) is 4.90 Å². The zero-order valence-corrected chi connectivity index (χ0v) is 21.3. The molecular formula is C28H26ClN3O2S. The Labute approximate surface area is 215 Å². The molecule has 7 heteroatoms. The van der Waals surface area contributed by atoms with Gasteiger partial charge in [0.1, 0.15) is 23.3 Å². The number of aromatic nitrogens is 1. The third kappa shape index (κ3) is 4.77. The van der Waals surface area contributed by atoms with E-state index in [1.54, 1.807) is 6.20 Å². The van der Waals surface area contributed by atoms with E-state index in [2.05, 4.69) is 15.2 Å². The van der Waals surface area contributed by atoms with E-state index in [-0.39, 0.29) is 18.2 Å². The van der Waals surface area contributed by atoms with Crippen molar-refractivity contribution in [1.29, 1.82) is 0 Å². The number of aryl methyl sites for hydroxylation is 1. The molecule has 0 unspecified atom stereocenters. The number of rotatable bonds is 6. The minimum absolute atomic E-state index is 0.105. The maximum Gasteiger partial charge on any atom is 0.174 e. The van der Waals surface area contributed by atoms with Crippen LogP contribution in [0.1, 0.15) is 42.9 Å². The largest absolute Gasteiger partial charge is 0.491 e. The van der Waals surface area contributed by atoms with Crippen LogP contribution in [0.15, 0.2) is 83.4 Å². The molecule has 178 valence electrons. The summed E-state index contributed by atoms with van der Waals surface area (Å²) in [6, 6.07) is 23.2. The van der Waals surface area contributed by atoms with E-state index in [4.69, 9.17) is 33.0 Å². The number of ether oxygens (including phenoxy) is 1. The number of nitrogens with zero attached hydrogens (tertiary/aromatic N) is 2. The number of hydrogen-bond acceptors (Lipinski definition) is 4. The Morgan fingerprint density at radius 3 is 2.57 bits per heavy atom. The topological polar surface area (TPSA) is 50.5 Å². The Bertz CT molecular complexity index is 1340. The zero-order chi connectivity index (χ0) is 24.5. The van der Waals surface area contributed by atoms with Gasteiger partial charge in [-0.25, -0.2) is 0 Å². The van der Waals surface area contributed by atoms with Crippen molar-refractivity contribution in [2.45, 2.75) is 39.0 Å². The molecule has 5 nitrogen and oxygen atoms in total. The Morgan fingerprint density at radius 1 is 1.06 bits per heavy atom. The summed E-state index contributed by atoms with van der Waals surface area (Å²) in [6.45, 7) is 6.07. The molecule has 1 fully saturated rings. The molecule has 0 saturated carbocycles. The van der Waals surface area contributed by atoms with Crippen LogP contribution in [0.4, 0.5) is 5.69 Å². The van der Waals surface area contributed by atoms with E-state index in [0.29, 0.717) is 10.1 Å². The van der Waals surface area contributed by atoms with Gasteiger partial charge < -0.3 is 19.4 Å². The number of thiocarbonyl (C=S) groups is 1. The van der Waals surface area contributed by atoms with Crippen LogP contribution in [0, 0.1) is 6.92 Å². The molecule has 2 aromatic heterocycles. The van der Waals surface area contributed by atoms with Gasteiger partial charge in [0.2, 0.25) is 0 Å². The average molecular weight is 504 g/mol. The van der Waals surface area contributed by atoms with E-state index in [1.165, 1.54) is 0 Å². The maximum absolute atomic E-state index is 6.47. The van der Waals surface area contributed by atoms with Gasteiger partial charge in [-0.1, -0.05) is 23.7 Å². The molecule has 1 aliphatic rings. The summed E-state index contributed by atoms with van der Waals surface area (Å²) < 4.78 is 12.3. The predicted molar refractivity (Wildman–Crippen MR) is 144 cm³/mol. The molecule has 0 spiro atoms. The second-order valence-corrected chi connectivity index (χ2v) is 9.64. The number of halogens is 1. The minimum atomic E-state index is -0.234. The number of furan rings is 1. The SMILES string of the molecule is Cc1ccc(Cl)cc1-c1ccc([C@@H]2[C@@H](c3ccccn3)NC(=S)N2c2ccc(OC(C)C)cc2)o1. The normalized spacial score (nSPS) is 17.6. The van der Waals surface area contributed by atoms with Crippen molar-refractivity contribution >= 4 is 34.6 Å². The van der Waals surface area contributed by atoms with E-state index < -0.39 is 0 Å². The van der Waals surface area contributed by atoms with Gasteiger partial charge in [0.05, 0.1) is 17.8 Å². The molecular weight excluding hydrogens is 478 g/mol. The highest BCUT2D eigenvalue weighted by molar-refractivity contribution is 7.80. The third-order valence-electron chi connectivity index (χ3n) is 5.97. The van der Waals surface area contributed by atoms with E-state index in [0.717, 1.165) is 39.8 Å². The van der Waals surface area contributed by atoms with Crippen molar-refractivity contribution in [3.05, 3.63) is 101 Å². The Kier molecular flexibility index (Phi) is 6.50. The second kappa shape index (κ2) is 9.72. The Hall–Kier alpha value is -3.35. The van der Waals surface area contributed by atoms with Crippen LogP contribution < -0.4 is 15.0 Å². The molecule has 2 atom stereocenters. The fourth-order valence-corrected chi connectivity index (χ4v) is 4.91. The van der Waals surface area contributed by atoms with Crippen LogP contribution in [0.3, 0.4) is 0 Å². The first-order chi connectivity index (χ1) is 16.9. The molecule has 0 amide bonds. The molecule has 4 aromatic rings. The number of pyridine rings is 1. The molecule has 0 aliphatic carbocycles. The first-order valence-electron chi connectivity index (χ1n) is 11.5. The summed E-state index contributed by atoms with van der Waals surface area (Å²) in [5, 5.41) is 4.75. The van der Waals surface area contributed by atoms with Crippen LogP contribution in [0.25, 0.3) is 11.3 Å². The first kappa shape index (κ1) is 23.4. The van der Waals surface area contributed by atoms with Crippen molar-refractivity contribution in [1.82, 2.24) is 10.3 Å². The fraction of sp³-hybridized carbons (Fsp3) is 0.214. The standard InChI is InChI=1S/C28H26ClN3O2S/c1-17(2)33-21-11-9-20(10-12-21)32-27(26(31-28(32)35)23-6-4-5-15-30-23)25-14-13-24(34-25)22-16-19(29)8-7-18(22)3/h4-17,26-27H,1-3H3,(H,31,35)/t26-,27-/m1/s1. The predicted octanol–water partition coefficient (Wildman–Crippen LogP) is 7.27.